The Morgan fingerprint density at radius 1 is 1.12 bits per heavy atom. The Kier molecular flexibility index (Phi) is 3.99. The molecule has 0 aliphatic rings. The van der Waals surface area contributed by atoms with Crippen LogP contribution in [0.4, 0.5) is 4.39 Å². The fourth-order valence-corrected chi connectivity index (χ4v) is 1.85. The van der Waals surface area contributed by atoms with Gasteiger partial charge in [-0.15, -0.1) is 0 Å². The van der Waals surface area contributed by atoms with Crippen LogP contribution in [0.15, 0.2) is 42.5 Å². The molecular weight excluding hydrogens is 330 g/mol. The van der Waals surface area contributed by atoms with Gasteiger partial charge in [0.1, 0.15) is 18.2 Å². The van der Waals surface area contributed by atoms with E-state index in [0.717, 1.165) is 20.4 Å². The highest BCUT2D eigenvalue weighted by Gasteiger charge is 2.01. The van der Waals surface area contributed by atoms with Crippen LogP contribution in [0.25, 0.3) is 0 Å². The Bertz CT molecular complexity index is 508. The molecule has 0 atom stereocenters. The van der Waals surface area contributed by atoms with Crippen molar-refractivity contribution in [1.82, 2.24) is 0 Å². The second kappa shape index (κ2) is 5.49. The molecule has 0 saturated carbocycles. The van der Waals surface area contributed by atoms with Gasteiger partial charge in [-0.1, -0.05) is 6.07 Å². The maximum absolute atomic E-state index is 13.1. The largest absolute Gasteiger partial charge is 0.489 e. The lowest BCUT2D eigenvalue weighted by Gasteiger charge is -2.08. The molecule has 0 saturated heterocycles. The quantitative estimate of drug-likeness (QED) is 0.755. The van der Waals surface area contributed by atoms with Gasteiger partial charge in [-0.05, 0) is 77.0 Å². The maximum Gasteiger partial charge on any atom is 0.123 e. The average Bonchev–Trinajstić information content (AvgIpc) is 2.32. The maximum atomic E-state index is 13.1. The molecule has 88 valence electrons. The Labute approximate surface area is 114 Å². The standard InChI is InChI=1S/C14H12FIO/c1-10-2-3-12(15)8-11(10)9-17-14-6-4-13(16)5-7-14/h2-8H,9H2,1H3. The van der Waals surface area contributed by atoms with Crippen LogP contribution < -0.4 is 4.74 Å². The van der Waals surface area contributed by atoms with E-state index in [2.05, 4.69) is 22.6 Å². The monoisotopic (exact) mass is 342 g/mol. The van der Waals surface area contributed by atoms with E-state index in [0.29, 0.717) is 6.61 Å². The normalized spacial score (nSPS) is 10.3. The van der Waals surface area contributed by atoms with E-state index in [9.17, 15) is 4.39 Å². The Balaban J connectivity index is 2.07. The number of aryl methyl sites for hydroxylation is 1. The smallest absolute Gasteiger partial charge is 0.123 e. The van der Waals surface area contributed by atoms with E-state index in [1.165, 1.54) is 12.1 Å². The van der Waals surface area contributed by atoms with Crippen molar-refractivity contribution in [2.24, 2.45) is 0 Å². The minimum atomic E-state index is -0.225. The van der Waals surface area contributed by atoms with E-state index in [1.807, 2.05) is 31.2 Å². The van der Waals surface area contributed by atoms with Gasteiger partial charge >= 0.3 is 0 Å². The van der Waals surface area contributed by atoms with E-state index in [-0.39, 0.29) is 5.82 Å². The topological polar surface area (TPSA) is 9.23 Å². The van der Waals surface area contributed by atoms with Crippen molar-refractivity contribution in [3.8, 4) is 5.75 Å². The summed E-state index contributed by atoms with van der Waals surface area (Å²) in [5.41, 5.74) is 1.92. The zero-order valence-corrected chi connectivity index (χ0v) is 11.6. The summed E-state index contributed by atoms with van der Waals surface area (Å²) in [5, 5.41) is 0. The predicted octanol–water partition coefficient (Wildman–Crippen LogP) is 4.32. The molecule has 0 aromatic heterocycles. The highest BCUT2D eigenvalue weighted by atomic mass is 127. The second-order valence-electron chi connectivity index (χ2n) is 3.81. The lowest BCUT2D eigenvalue weighted by Crippen LogP contribution is -1.98. The van der Waals surface area contributed by atoms with Crippen molar-refractivity contribution in [3.63, 3.8) is 0 Å². The number of hydrogen-bond acceptors (Lipinski definition) is 1. The fraction of sp³-hybridized carbons (Fsp3) is 0.143. The van der Waals surface area contributed by atoms with Crippen molar-refractivity contribution in [2.75, 3.05) is 0 Å². The summed E-state index contributed by atoms with van der Waals surface area (Å²) in [6, 6.07) is 12.5. The SMILES string of the molecule is Cc1ccc(F)cc1COc1ccc(I)cc1. The Hall–Kier alpha value is -1.10. The fourth-order valence-electron chi connectivity index (χ4n) is 1.49. The van der Waals surface area contributed by atoms with Gasteiger partial charge in [-0.25, -0.2) is 4.39 Å². The molecule has 0 radical (unpaired) electrons. The molecule has 0 unspecified atom stereocenters. The third-order valence-electron chi connectivity index (χ3n) is 2.52. The number of hydrogen-bond donors (Lipinski definition) is 0. The summed E-state index contributed by atoms with van der Waals surface area (Å²) < 4.78 is 19.8. The van der Waals surface area contributed by atoms with Crippen LogP contribution in [0.5, 0.6) is 5.75 Å². The molecule has 2 aromatic rings. The summed E-state index contributed by atoms with van der Waals surface area (Å²) >= 11 is 2.24. The average molecular weight is 342 g/mol. The zero-order valence-electron chi connectivity index (χ0n) is 9.41. The van der Waals surface area contributed by atoms with Crippen molar-refractivity contribution in [3.05, 3.63) is 63.0 Å². The molecule has 0 aliphatic heterocycles. The third-order valence-corrected chi connectivity index (χ3v) is 3.24. The van der Waals surface area contributed by atoms with Gasteiger partial charge in [0.2, 0.25) is 0 Å². The zero-order chi connectivity index (χ0) is 12.3. The summed E-state index contributed by atoms with van der Waals surface area (Å²) in [7, 11) is 0. The molecule has 3 heteroatoms. The first-order chi connectivity index (χ1) is 8.15. The lowest BCUT2D eigenvalue weighted by molar-refractivity contribution is 0.304. The molecule has 0 spiro atoms. The van der Waals surface area contributed by atoms with Gasteiger partial charge in [0.25, 0.3) is 0 Å². The minimum Gasteiger partial charge on any atom is -0.489 e. The minimum absolute atomic E-state index is 0.225. The van der Waals surface area contributed by atoms with E-state index < -0.39 is 0 Å². The second-order valence-corrected chi connectivity index (χ2v) is 5.06. The molecule has 17 heavy (non-hydrogen) atoms. The highest BCUT2D eigenvalue weighted by Crippen LogP contribution is 2.17. The van der Waals surface area contributed by atoms with Crippen LogP contribution in [-0.2, 0) is 6.61 Å². The van der Waals surface area contributed by atoms with Crippen LogP contribution in [0.2, 0.25) is 0 Å². The van der Waals surface area contributed by atoms with Crippen LogP contribution >= 0.6 is 22.6 Å². The number of benzene rings is 2. The van der Waals surface area contributed by atoms with Crippen LogP contribution in [0.3, 0.4) is 0 Å². The molecule has 1 nitrogen and oxygen atoms in total. The van der Waals surface area contributed by atoms with Gasteiger partial charge in [0, 0.05) is 3.57 Å². The first-order valence-corrected chi connectivity index (χ1v) is 6.36. The predicted molar refractivity (Wildman–Crippen MR) is 74.6 cm³/mol. The van der Waals surface area contributed by atoms with Crippen molar-refractivity contribution in [2.45, 2.75) is 13.5 Å². The van der Waals surface area contributed by atoms with E-state index in [1.54, 1.807) is 6.07 Å². The summed E-state index contributed by atoms with van der Waals surface area (Å²) in [6.07, 6.45) is 0. The van der Waals surface area contributed by atoms with Crippen LogP contribution in [0.1, 0.15) is 11.1 Å². The van der Waals surface area contributed by atoms with Gasteiger partial charge in [0.05, 0.1) is 0 Å². The van der Waals surface area contributed by atoms with Crippen LogP contribution in [-0.4, -0.2) is 0 Å². The molecule has 0 aliphatic carbocycles. The first kappa shape index (κ1) is 12.4. The summed E-state index contributed by atoms with van der Waals surface area (Å²) in [4.78, 5) is 0. The van der Waals surface area contributed by atoms with Crippen molar-refractivity contribution < 1.29 is 9.13 Å². The van der Waals surface area contributed by atoms with Gasteiger partial charge in [-0.3, -0.25) is 0 Å². The van der Waals surface area contributed by atoms with Gasteiger partial charge < -0.3 is 4.74 Å². The van der Waals surface area contributed by atoms with Gasteiger partial charge in [-0.2, -0.15) is 0 Å². The van der Waals surface area contributed by atoms with E-state index >= 15 is 0 Å². The molecule has 2 rings (SSSR count). The van der Waals surface area contributed by atoms with Crippen molar-refractivity contribution >= 4 is 22.6 Å². The number of ether oxygens (including phenoxy) is 1. The Morgan fingerprint density at radius 2 is 1.82 bits per heavy atom. The molecule has 0 amide bonds. The summed E-state index contributed by atoms with van der Waals surface area (Å²) in [6.45, 7) is 2.34. The van der Waals surface area contributed by atoms with E-state index in [4.69, 9.17) is 4.74 Å². The number of halogens is 2. The molecule has 0 fully saturated rings. The molecule has 0 heterocycles. The lowest BCUT2D eigenvalue weighted by atomic mass is 10.1. The molecule has 0 bridgehead atoms. The first-order valence-electron chi connectivity index (χ1n) is 5.28. The van der Waals surface area contributed by atoms with Crippen molar-refractivity contribution in [1.29, 1.82) is 0 Å². The highest BCUT2D eigenvalue weighted by molar-refractivity contribution is 14.1. The molecular formula is C14H12FIO. The Morgan fingerprint density at radius 3 is 2.53 bits per heavy atom. The molecule has 2 aromatic carbocycles. The number of rotatable bonds is 3. The van der Waals surface area contributed by atoms with Gasteiger partial charge in [0.15, 0.2) is 0 Å². The summed E-state index contributed by atoms with van der Waals surface area (Å²) in [5.74, 6) is 0.575. The van der Waals surface area contributed by atoms with Crippen LogP contribution in [0, 0.1) is 16.3 Å². The third kappa shape index (κ3) is 3.43. The molecule has 0 N–H and O–H groups in total.